The van der Waals surface area contributed by atoms with Crippen LogP contribution in [0.15, 0.2) is 12.4 Å². The molecule has 3 heteroatoms. The Kier molecular flexibility index (Phi) is 4.60. The van der Waals surface area contributed by atoms with Crippen LogP contribution in [0.3, 0.4) is 0 Å². The molecular formula is C14H25N3. The third kappa shape index (κ3) is 3.56. The lowest BCUT2D eigenvalue weighted by molar-refractivity contribution is 0.298. The Morgan fingerprint density at radius 3 is 3.12 bits per heavy atom. The molecule has 2 atom stereocenters. The summed E-state index contributed by atoms with van der Waals surface area (Å²) in [5.74, 6) is 2.07. The first-order valence-electron chi connectivity index (χ1n) is 7.03. The molecule has 1 fully saturated rings. The molecule has 0 bridgehead atoms. The molecule has 0 spiro atoms. The highest BCUT2D eigenvalue weighted by atomic mass is 15.1. The third-order valence-corrected chi connectivity index (χ3v) is 3.75. The zero-order valence-electron chi connectivity index (χ0n) is 11.2. The molecule has 0 aromatic carbocycles. The highest BCUT2D eigenvalue weighted by Gasteiger charge is 2.18. The van der Waals surface area contributed by atoms with Crippen molar-refractivity contribution in [2.45, 2.75) is 65.1 Å². The minimum Gasteiger partial charge on any atom is -0.334 e. The molecule has 1 aromatic heterocycles. The van der Waals surface area contributed by atoms with E-state index >= 15 is 0 Å². The molecule has 1 aliphatic carbocycles. The van der Waals surface area contributed by atoms with Crippen molar-refractivity contribution in [3.63, 3.8) is 0 Å². The largest absolute Gasteiger partial charge is 0.334 e. The van der Waals surface area contributed by atoms with Crippen LogP contribution in [0.4, 0.5) is 0 Å². The van der Waals surface area contributed by atoms with E-state index in [1.54, 1.807) is 0 Å². The smallest absolute Gasteiger partial charge is 0.122 e. The average Bonchev–Trinajstić information content (AvgIpc) is 2.75. The van der Waals surface area contributed by atoms with Crippen molar-refractivity contribution >= 4 is 0 Å². The molecule has 0 radical (unpaired) electrons. The van der Waals surface area contributed by atoms with E-state index in [2.05, 4.69) is 34.9 Å². The Hall–Kier alpha value is -0.830. The molecule has 2 rings (SSSR count). The van der Waals surface area contributed by atoms with Crippen molar-refractivity contribution < 1.29 is 0 Å². The van der Waals surface area contributed by atoms with Gasteiger partial charge in [0.1, 0.15) is 5.82 Å². The highest BCUT2D eigenvalue weighted by molar-refractivity contribution is 4.92. The molecule has 1 aliphatic rings. The van der Waals surface area contributed by atoms with Crippen LogP contribution in [0.25, 0.3) is 0 Å². The van der Waals surface area contributed by atoms with Crippen molar-refractivity contribution in [1.29, 1.82) is 0 Å². The van der Waals surface area contributed by atoms with Gasteiger partial charge in [0.05, 0.1) is 6.54 Å². The fourth-order valence-corrected chi connectivity index (χ4v) is 2.81. The van der Waals surface area contributed by atoms with Gasteiger partial charge in [-0.05, 0) is 25.2 Å². The summed E-state index contributed by atoms with van der Waals surface area (Å²) in [5.41, 5.74) is 0. The van der Waals surface area contributed by atoms with Crippen LogP contribution in [0.1, 0.15) is 51.8 Å². The fourth-order valence-electron chi connectivity index (χ4n) is 2.81. The SMILES string of the molecule is CCCn1ccnc1CNC1CCCC(C)C1. The van der Waals surface area contributed by atoms with Gasteiger partial charge in [-0.3, -0.25) is 0 Å². The molecule has 96 valence electrons. The van der Waals surface area contributed by atoms with Crippen LogP contribution in [0.2, 0.25) is 0 Å². The maximum absolute atomic E-state index is 4.44. The zero-order chi connectivity index (χ0) is 12.1. The molecule has 17 heavy (non-hydrogen) atoms. The van der Waals surface area contributed by atoms with Crippen LogP contribution >= 0.6 is 0 Å². The van der Waals surface area contributed by atoms with E-state index in [0.29, 0.717) is 6.04 Å². The maximum atomic E-state index is 4.44. The predicted molar refractivity (Wildman–Crippen MR) is 70.8 cm³/mol. The Morgan fingerprint density at radius 1 is 1.47 bits per heavy atom. The summed E-state index contributed by atoms with van der Waals surface area (Å²) in [7, 11) is 0. The molecule has 0 saturated heterocycles. The van der Waals surface area contributed by atoms with Crippen LogP contribution in [-0.2, 0) is 13.1 Å². The standard InChI is InChI=1S/C14H25N3/c1-3-8-17-9-7-15-14(17)11-16-13-6-4-5-12(2)10-13/h7,9,12-13,16H,3-6,8,10-11H2,1-2H3. The van der Waals surface area contributed by atoms with E-state index in [9.17, 15) is 0 Å². The molecule has 0 aliphatic heterocycles. The monoisotopic (exact) mass is 235 g/mol. The van der Waals surface area contributed by atoms with Gasteiger partial charge in [-0.2, -0.15) is 0 Å². The summed E-state index contributed by atoms with van der Waals surface area (Å²) in [4.78, 5) is 4.44. The molecule has 3 nitrogen and oxygen atoms in total. The van der Waals surface area contributed by atoms with Gasteiger partial charge in [-0.25, -0.2) is 4.98 Å². The fraction of sp³-hybridized carbons (Fsp3) is 0.786. The number of nitrogens with one attached hydrogen (secondary N) is 1. The first-order chi connectivity index (χ1) is 8.29. The van der Waals surface area contributed by atoms with Crippen molar-refractivity contribution in [3.05, 3.63) is 18.2 Å². The summed E-state index contributed by atoms with van der Waals surface area (Å²) in [6, 6.07) is 0.700. The van der Waals surface area contributed by atoms with Crippen molar-refractivity contribution in [2.75, 3.05) is 0 Å². The zero-order valence-corrected chi connectivity index (χ0v) is 11.2. The van der Waals surface area contributed by atoms with Crippen LogP contribution in [-0.4, -0.2) is 15.6 Å². The normalized spacial score (nSPS) is 25.1. The first kappa shape index (κ1) is 12.6. The second kappa shape index (κ2) is 6.20. The summed E-state index contributed by atoms with van der Waals surface area (Å²) >= 11 is 0. The number of rotatable bonds is 5. The van der Waals surface area contributed by atoms with Gasteiger partial charge in [0.2, 0.25) is 0 Å². The number of aromatic nitrogens is 2. The van der Waals surface area contributed by atoms with E-state index in [4.69, 9.17) is 0 Å². The molecule has 1 N–H and O–H groups in total. The van der Waals surface area contributed by atoms with Gasteiger partial charge in [-0.1, -0.05) is 26.7 Å². The summed E-state index contributed by atoms with van der Waals surface area (Å²) < 4.78 is 2.26. The number of nitrogens with zero attached hydrogens (tertiary/aromatic N) is 2. The lowest BCUT2D eigenvalue weighted by atomic mass is 9.87. The molecule has 1 saturated carbocycles. The number of aryl methyl sites for hydroxylation is 1. The lowest BCUT2D eigenvalue weighted by Crippen LogP contribution is -2.33. The van der Waals surface area contributed by atoms with Crippen LogP contribution < -0.4 is 5.32 Å². The summed E-state index contributed by atoms with van der Waals surface area (Å²) in [5, 5.41) is 3.67. The van der Waals surface area contributed by atoms with Gasteiger partial charge in [0, 0.05) is 25.0 Å². The average molecular weight is 235 g/mol. The van der Waals surface area contributed by atoms with Crippen molar-refractivity contribution in [2.24, 2.45) is 5.92 Å². The molecule has 2 unspecified atom stereocenters. The Labute approximate surface area is 105 Å². The number of hydrogen-bond acceptors (Lipinski definition) is 2. The Morgan fingerprint density at radius 2 is 2.35 bits per heavy atom. The Balaban J connectivity index is 1.82. The quantitative estimate of drug-likeness (QED) is 0.850. The number of imidazole rings is 1. The molecule has 1 aromatic rings. The summed E-state index contributed by atoms with van der Waals surface area (Å²) in [6.45, 7) is 6.58. The third-order valence-electron chi connectivity index (χ3n) is 3.75. The lowest BCUT2D eigenvalue weighted by Gasteiger charge is -2.27. The second-order valence-electron chi connectivity index (χ2n) is 5.39. The topological polar surface area (TPSA) is 29.9 Å². The first-order valence-corrected chi connectivity index (χ1v) is 7.03. The van der Waals surface area contributed by atoms with E-state index in [0.717, 1.165) is 19.0 Å². The van der Waals surface area contributed by atoms with Crippen LogP contribution in [0.5, 0.6) is 0 Å². The van der Waals surface area contributed by atoms with Gasteiger partial charge >= 0.3 is 0 Å². The van der Waals surface area contributed by atoms with Gasteiger partial charge in [0.15, 0.2) is 0 Å². The van der Waals surface area contributed by atoms with E-state index < -0.39 is 0 Å². The minimum absolute atomic E-state index is 0.700. The maximum Gasteiger partial charge on any atom is 0.122 e. The highest BCUT2D eigenvalue weighted by Crippen LogP contribution is 2.23. The van der Waals surface area contributed by atoms with Gasteiger partial charge in [-0.15, -0.1) is 0 Å². The summed E-state index contributed by atoms with van der Waals surface area (Å²) in [6.07, 6.45) is 10.6. The van der Waals surface area contributed by atoms with Crippen molar-refractivity contribution in [1.82, 2.24) is 14.9 Å². The van der Waals surface area contributed by atoms with E-state index in [-0.39, 0.29) is 0 Å². The Bertz CT molecular complexity index is 332. The second-order valence-corrected chi connectivity index (χ2v) is 5.39. The minimum atomic E-state index is 0.700. The molecule has 0 amide bonds. The molecule has 1 heterocycles. The van der Waals surface area contributed by atoms with Gasteiger partial charge in [0.25, 0.3) is 0 Å². The predicted octanol–water partition coefficient (Wildman–Crippen LogP) is 2.96. The molecular weight excluding hydrogens is 210 g/mol. The van der Waals surface area contributed by atoms with Crippen LogP contribution in [0, 0.1) is 5.92 Å². The van der Waals surface area contributed by atoms with Gasteiger partial charge < -0.3 is 9.88 Å². The van der Waals surface area contributed by atoms with E-state index in [1.807, 2.05) is 6.20 Å². The number of hydrogen-bond donors (Lipinski definition) is 1. The van der Waals surface area contributed by atoms with Crippen molar-refractivity contribution in [3.8, 4) is 0 Å². The van der Waals surface area contributed by atoms with E-state index in [1.165, 1.54) is 37.9 Å².